The van der Waals surface area contributed by atoms with Gasteiger partial charge in [-0.15, -0.1) is 0 Å². The van der Waals surface area contributed by atoms with Crippen LogP contribution in [0, 0.1) is 0 Å². The van der Waals surface area contributed by atoms with E-state index in [-0.39, 0.29) is 24.6 Å². The van der Waals surface area contributed by atoms with Crippen LogP contribution in [0.4, 0.5) is 0 Å². The molecule has 0 unspecified atom stereocenters. The maximum absolute atomic E-state index is 12.2. The van der Waals surface area contributed by atoms with Gasteiger partial charge in [-0.25, -0.2) is 0 Å². The Balaban J connectivity index is 1.69. The molecule has 0 spiro atoms. The predicted molar refractivity (Wildman–Crippen MR) is 82.5 cm³/mol. The summed E-state index contributed by atoms with van der Waals surface area (Å²) in [5.41, 5.74) is 0. The summed E-state index contributed by atoms with van der Waals surface area (Å²) < 4.78 is 10.7. The van der Waals surface area contributed by atoms with Gasteiger partial charge in [-0.1, -0.05) is 12.8 Å². The fourth-order valence-electron chi connectivity index (χ4n) is 3.10. The number of rotatable bonds is 6. The topological polar surface area (TPSA) is 59.1 Å². The maximum Gasteiger partial charge on any atom is 0.320 e. The molecule has 1 aliphatic carbocycles. The predicted octanol–water partition coefficient (Wildman–Crippen LogP) is 1.04. The first-order valence-corrected chi connectivity index (χ1v) is 8.46. The minimum atomic E-state index is -0.188. The fourth-order valence-corrected chi connectivity index (χ4v) is 3.10. The molecule has 0 bridgehead atoms. The van der Waals surface area contributed by atoms with Gasteiger partial charge in [0.15, 0.2) is 0 Å². The Kier molecular flexibility index (Phi) is 7.12. The molecule has 0 aromatic carbocycles. The van der Waals surface area contributed by atoms with E-state index in [0.717, 1.165) is 32.4 Å². The van der Waals surface area contributed by atoms with E-state index in [1.165, 1.54) is 12.8 Å². The molecule has 2 aliphatic rings. The van der Waals surface area contributed by atoms with E-state index in [9.17, 15) is 9.59 Å². The molecular formula is C16H28N2O4. The highest BCUT2D eigenvalue weighted by Crippen LogP contribution is 2.20. The van der Waals surface area contributed by atoms with Crippen molar-refractivity contribution in [2.75, 3.05) is 45.9 Å². The van der Waals surface area contributed by atoms with Crippen molar-refractivity contribution in [3.05, 3.63) is 0 Å². The summed E-state index contributed by atoms with van der Waals surface area (Å²) in [5, 5.41) is 0. The summed E-state index contributed by atoms with van der Waals surface area (Å²) in [5.74, 6) is -0.114. The van der Waals surface area contributed by atoms with Crippen molar-refractivity contribution in [3.63, 3.8) is 0 Å². The highest BCUT2D eigenvalue weighted by molar-refractivity contribution is 5.77. The van der Waals surface area contributed by atoms with Gasteiger partial charge in [0.25, 0.3) is 0 Å². The van der Waals surface area contributed by atoms with E-state index < -0.39 is 0 Å². The third-order valence-corrected chi connectivity index (χ3v) is 4.34. The lowest BCUT2D eigenvalue weighted by Gasteiger charge is -2.22. The van der Waals surface area contributed by atoms with E-state index in [2.05, 4.69) is 4.90 Å². The quantitative estimate of drug-likeness (QED) is 0.686. The van der Waals surface area contributed by atoms with Crippen LogP contribution in [0.5, 0.6) is 0 Å². The SMILES string of the molecule is CCOC(=O)CN1CCCN(C(=O)COC2CCCC2)CC1. The molecular weight excluding hydrogens is 284 g/mol. The standard InChI is InChI=1S/C16H28N2O4/c1-2-21-16(20)12-17-8-5-9-18(11-10-17)15(19)13-22-14-6-3-4-7-14/h14H,2-13H2,1H3. The van der Waals surface area contributed by atoms with Gasteiger partial charge < -0.3 is 14.4 Å². The Labute approximate surface area is 132 Å². The van der Waals surface area contributed by atoms with Crippen LogP contribution in [0.2, 0.25) is 0 Å². The van der Waals surface area contributed by atoms with Gasteiger partial charge >= 0.3 is 5.97 Å². The third kappa shape index (κ3) is 5.57. The van der Waals surface area contributed by atoms with Crippen molar-refractivity contribution in [3.8, 4) is 0 Å². The average Bonchev–Trinajstić information content (AvgIpc) is 2.91. The van der Waals surface area contributed by atoms with Gasteiger partial charge in [-0.2, -0.15) is 0 Å². The maximum atomic E-state index is 12.2. The normalized spacial score (nSPS) is 20.9. The molecule has 0 aromatic rings. The molecule has 1 saturated carbocycles. The van der Waals surface area contributed by atoms with Crippen LogP contribution < -0.4 is 0 Å². The molecule has 6 heteroatoms. The molecule has 126 valence electrons. The zero-order chi connectivity index (χ0) is 15.8. The highest BCUT2D eigenvalue weighted by atomic mass is 16.5. The molecule has 2 rings (SSSR count). The summed E-state index contributed by atoms with van der Waals surface area (Å²) in [6, 6.07) is 0. The second kappa shape index (κ2) is 9.10. The summed E-state index contributed by atoms with van der Waals surface area (Å²) in [7, 11) is 0. The van der Waals surface area contributed by atoms with Crippen molar-refractivity contribution < 1.29 is 19.1 Å². The van der Waals surface area contributed by atoms with E-state index in [4.69, 9.17) is 9.47 Å². The highest BCUT2D eigenvalue weighted by Gasteiger charge is 2.22. The number of hydrogen-bond acceptors (Lipinski definition) is 5. The number of carbonyl (C=O) groups excluding carboxylic acids is 2. The van der Waals surface area contributed by atoms with Crippen molar-refractivity contribution in [2.24, 2.45) is 0 Å². The largest absolute Gasteiger partial charge is 0.465 e. The van der Waals surface area contributed by atoms with Crippen LogP contribution in [-0.2, 0) is 19.1 Å². The number of amides is 1. The van der Waals surface area contributed by atoms with E-state index >= 15 is 0 Å². The molecule has 1 amide bonds. The molecule has 0 N–H and O–H groups in total. The lowest BCUT2D eigenvalue weighted by Crippen LogP contribution is -2.39. The van der Waals surface area contributed by atoms with Crippen LogP contribution in [0.3, 0.4) is 0 Å². The van der Waals surface area contributed by atoms with E-state index in [1.807, 2.05) is 11.8 Å². The number of esters is 1. The zero-order valence-electron chi connectivity index (χ0n) is 13.6. The summed E-state index contributed by atoms with van der Waals surface area (Å²) >= 11 is 0. The van der Waals surface area contributed by atoms with Crippen molar-refractivity contribution in [2.45, 2.75) is 45.1 Å². The number of nitrogens with zero attached hydrogens (tertiary/aromatic N) is 2. The van der Waals surface area contributed by atoms with Crippen LogP contribution in [0.1, 0.15) is 39.0 Å². The van der Waals surface area contributed by atoms with Gasteiger partial charge in [0.2, 0.25) is 5.91 Å². The van der Waals surface area contributed by atoms with Gasteiger partial charge in [0.1, 0.15) is 6.61 Å². The van der Waals surface area contributed by atoms with Crippen LogP contribution in [0.25, 0.3) is 0 Å². The van der Waals surface area contributed by atoms with Crippen LogP contribution >= 0.6 is 0 Å². The second-order valence-electron chi connectivity index (χ2n) is 6.03. The van der Waals surface area contributed by atoms with Gasteiger partial charge in [0, 0.05) is 26.2 Å². The first kappa shape index (κ1) is 17.2. The molecule has 0 aromatic heterocycles. The monoisotopic (exact) mass is 312 g/mol. The number of ether oxygens (including phenoxy) is 2. The van der Waals surface area contributed by atoms with Crippen molar-refractivity contribution >= 4 is 11.9 Å². The van der Waals surface area contributed by atoms with Gasteiger partial charge in [-0.3, -0.25) is 14.5 Å². The molecule has 1 aliphatic heterocycles. The first-order valence-electron chi connectivity index (χ1n) is 8.46. The molecule has 1 heterocycles. The van der Waals surface area contributed by atoms with Crippen molar-refractivity contribution in [1.82, 2.24) is 9.80 Å². The summed E-state index contributed by atoms with van der Waals surface area (Å²) in [6.07, 6.45) is 5.75. The number of carbonyl (C=O) groups is 2. The fraction of sp³-hybridized carbons (Fsp3) is 0.875. The summed E-state index contributed by atoms with van der Waals surface area (Å²) in [4.78, 5) is 27.7. The van der Waals surface area contributed by atoms with Crippen LogP contribution in [-0.4, -0.2) is 73.7 Å². The molecule has 2 fully saturated rings. The molecule has 1 saturated heterocycles. The van der Waals surface area contributed by atoms with Crippen LogP contribution in [0.15, 0.2) is 0 Å². The molecule has 0 atom stereocenters. The Bertz CT molecular complexity index is 369. The lowest BCUT2D eigenvalue weighted by molar-refractivity contribution is -0.144. The average molecular weight is 312 g/mol. The Morgan fingerprint density at radius 3 is 2.55 bits per heavy atom. The van der Waals surface area contributed by atoms with E-state index in [0.29, 0.717) is 26.2 Å². The van der Waals surface area contributed by atoms with Gasteiger partial charge in [-0.05, 0) is 26.2 Å². The summed E-state index contributed by atoms with van der Waals surface area (Å²) in [6.45, 7) is 5.68. The van der Waals surface area contributed by atoms with Crippen molar-refractivity contribution in [1.29, 1.82) is 0 Å². The second-order valence-corrected chi connectivity index (χ2v) is 6.03. The Hall–Kier alpha value is -1.14. The molecule has 0 radical (unpaired) electrons. The smallest absolute Gasteiger partial charge is 0.320 e. The molecule has 6 nitrogen and oxygen atoms in total. The first-order chi connectivity index (χ1) is 10.7. The number of hydrogen-bond donors (Lipinski definition) is 0. The Morgan fingerprint density at radius 2 is 1.82 bits per heavy atom. The minimum absolute atomic E-state index is 0.0740. The van der Waals surface area contributed by atoms with E-state index in [1.54, 1.807) is 0 Å². The minimum Gasteiger partial charge on any atom is -0.465 e. The Morgan fingerprint density at radius 1 is 1.05 bits per heavy atom. The third-order valence-electron chi connectivity index (χ3n) is 4.34. The molecule has 22 heavy (non-hydrogen) atoms. The lowest BCUT2D eigenvalue weighted by atomic mass is 10.3. The van der Waals surface area contributed by atoms with Gasteiger partial charge in [0.05, 0.1) is 19.3 Å². The zero-order valence-corrected chi connectivity index (χ0v) is 13.6.